The van der Waals surface area contributed by atoms with Gasteiger partial charge in [-0.25, -0.2) is 28.1 Å². The number of H-pyrrole nitrogens is 1. The lowest BCUT2D eigenvalue weighted by atomic mass is 10.4. The second-order valence-corrected chi connectivity index (χ2v) is 6.72. The van der Waals surface area contributed by atoms with Gasteiger partial charge in [0, 0.05) is 31.5 Å². The predicted octanol–water partition coefficient (Wildman–Crippen LogP) is 0.689. The first-order chi connectivity index (χ1) is 11.5. The zero-order valence-electron chi connectivity index (χ0n) is 13.0. The molecule has 0 radical (unpaired) electrons. The van der Waals surface area contributed by atoms with Gasteiger partial charge in [-0.1, -0.05) is 0 Å². The summed E-state index contributed by atoms with van der Waals surface area (Å²) in [5, 5.41) is 3.13. The highest BCUT2D eigenvalue weighted by Gasteiger charge is 2.14. The number of anilines is 1. The Morgan fingerprint density at radius 3 is 2.71 bits per heavy atom. The quantitative estimate of drug-likeness (QED) is 0.541. The topological polar surface area (TPSA) is 118 Å². The van der Waals surface area contributed by atoms with Gasteiger partial charge in [-0.3, -0.25) is 0 Å². The standard InChI is InChI=1S/C14H17N7O2S/c1-11-19-12(8-13(20-11)21-6-2-3-7-21)16-4-5-18-24(22,23)14-9-15-10-17-14/h2-3,6-10,18H,4-5H2,1H3,(H,15,17)(H,16,19,20). The molecule has 3 aromatic rings. The number of aromatic amines is 1. The molecule has 0 atom stereocenters. The van der Waals surface area contributed by atoms with Gasteiger partial charge in [-0.05, 0) is 19.1 Å². The maximum atomic E-state index is 11.9. The van der Waals surface area contributed by atoms with Crippen LogP contribution in [0, 0.1) is 6.92 Å². The van der Waals surface area contributed by atoms with Crippen molar-refractivity contribution in [2.45, 2.75) is 11.9 Å². The largest absolute Gasteiger partial charge is 0.369 e. The third-order valence-corrected chi connectivity index (χ3v) is 4.57. The van der Waals surface area contributed by atoms with Gasteiger partial charge in [0.25, 0.3) is 10.0 Å². The molecule has 0 bridgehead atoms. The Morgan fingerprint density at radius 1 is 1.21 bits per heavy atom. The number of imidazole rings is 1. The molecule has 24 heavy (non-hydrogen) atoms. The maximum absolute atomic E-state index is 11.9. The van der Waals surface area contributed by atoms with Crippen LogP contribution in [0.25, 0.3) is 5.82 Å². The first-order valence-electron chi connectivity index (χ1n) is 7.25. The number of hydrogen-bond donors (Lipinski definition) is 3. The highest BCUT2D eigenvalue weighted by atomic mass is 32.2. The van der Waals surface area contributed by atoms with E-state index in [-0.39, 0.29) is 11.6 Å². The number of nitrogens with one attached hydrogen (secondary N) is 3. The van der Waals surface area contributed by atoms with Crippen molar-refractivity contribution in [1.82, 2.24) is 29.2 Å². The molecule has 0 unspecified atom stereocenters. The number of aryl methyl sites for hydroxylation is 1. The molecule has 0 saturated carbocycles. The lowest BCUT2D eigenvalue weighted by Gasteiger charge is -2.10. The van der Waals surface area contributed by atoms with Crippen molar-refractivity contribution >= 4 is 15.8 Å². The molecular formula is C14H17N7O2S. The Hall–Kier alpha value is -2.72. The maximum Gasteiger partial charge on any atom is 0.257 e. The Kier molecular flexibility index (Phi) is 4.58. The second kappa shape index (κ2) is 6.81. The molecule has 0 aliphatic heterocycles. The van der Waals surface area contributed by atoms with Crippen LogP contribution in [0.4, 0.5) is 5.82 Å². The van der Waals surface area contributed by atoms with Gasteiger partial charge in [0.15, 0.2) is 5.03 Å². The van der Waals surface area contributed by atoms with Gasteiger partial charge in [0.1, 0.15) is 17.5 Å². The summed E-state index contributed by atoms with van der Waals surface area (Å²) in [5.41, 5.74) is 0. The van der Waals surface area contributed by atoms with Crippen LogP contribution in [0.1, 0.15) is 5.82 Å². The van der Waals surface area contributed by atoms with Crippen LogP contribution >= 0.6 is 0 Å². The highest BCUT2D eigenvalue weighted by Crippen LogP contribution is 2.11. The van der Waals surface area contributed by atoms with E-state index in [1.54, 1.807) is 13.0 Å². The van der Waals surface area contributed by atoms with Crippen molar-refractivity contribution in [1.29, 1.82) is 0 Å². The van der Waals surface area contributed by atoms with E-state index in [0.717, 1.165) is 5.82 Å². The molecule has 0 saturated heterocycles. The van der Waals surface area contributed by atoms with Gasteiger partial charge in [-0.15, -0.1) is 0 Å². The van der Waals surface area contributed by atoms with Gasteiger partial charge >= 0.3 is 0 Å². The average Bonchev–Trinajstić information content (AvgIpc) is 3.23. The summed E-state index contributed by atoms with van der Waals surface area (Å²) >= 11 is 0. The summed E-state index contributed by atoms with van der Waals surface area (Å²) in [4.78, 5) is 14.9. The van der Waals surface area contributed by atoms with Crippen molar-refractivity contribution in [3.63, 3.8) is 0 Å². The molecule has 0 aliphatic rings. The fraction of sp³-hybridized carbons (Fsp3) is 0.214. The monoisotopic (exact) mass is 347 g/mol. The van der Waals surface area contributed by atoms with Crippen LogP contribution in [-0.4, -0.2) is 46.0 Å². The zero-order valence-corrected chi connectivity index (χ0v) is 13.8. The number of rotatable bonds is 7. The number of aromatic nitrogens is 5. The Bertz CT molecular complexity index is 889. The lowest BCUT2D eigenvalue weighted by molar-refractivity contribution is 0.579. The minimum atomic E-state index is -3.57. The molecule has 0 aromatic carbocycles. The van der Waals surface area contributed by atoms with Crippen LogP contribution in [0.3, 0.4) is 0 Å². The van der Waals surface area contributed by atoms with Crippen LogP contribution in [-0.2, 0) is 10.0 Å². The van der Waals surface area contributed by atoms with E-state index in [1.165, 1.54) is 12.5 Å². The first-order valence-corrected chi connectivity index (χ1v) is 8.74. The van der Waals surface area contributed by atoms with Crippen molar-refractivity contribution in [2.24, 2.45) is 0 Å². The van der Waals surface area contributed by atoms with Crippen LogP contribution in [0.15, 0.2) is 48.1 Å². The summed E-state index contributed by atoms with van der Waals surface area (Å²) in [5.74, 6) is 2.00. The van der Waals surface area contributed by atoms with Gasteiger partial charge in [-0.2, -0.15) is 0 Å². The Morgan fingerprint density at radius 2 is 2.00 bits per heavy atom. The third-order valence-electron chi connectivity index (χ3n) is 3.18. The number of sulfonamides is 1. The second-order valence-electron chi connectivity index (χ2n) is 4.99. The Labute approximate surface area is 139 Å². The molecule has 126 valence electrons. The van der Waals surface area contributed by atoms with Crippen molar-refractivity contribution in [3.8, 4) is 5.82 Å². The normalized spacial score (nSPS) is 11.5. The molecular weight excluding hydrogens is 330 g/mol. The molecule has 0 fully saturated rings. The molecule has 10 heteroatoms. The third kappa shape index (κ3) is 3.78. The molecule has 3 rings (SSSR count). The fourth-order valence-corrected chi connectivity index (χ4v) is 3.04. The van der Waals surface area contributed by atoms with E-state index in [9.17, 15) is 8.42 Å². The zero-order chi connectivity index (χ0) is 17.0. The summed E-state index contributed by atoms with van der Waals surface area (Å²) in [6.45, 7) is 2.40. The average molecular weight is 347 g/mol. The lowest BCUT2D eigenvalue weighted by Crippen LogP contribution is -2.29. The van der Waals surface area contributed by atoms with Crippen molar-refractivity contribution in [2.75, 3.05) is 18.4 Å². The molecule has 9 nitrogen and oxygen atoms in total. The number of hydrogen-bond acceptors (Lipinski definition) is 6. The predicted molar refractivity (Wildman–Crippen MR) is 88.4 cm³/mol. The SMILES string of the molecule is Cc1nc(NCCNS(=O)(=O)c2cnc[nH]2)cc(-n2cccc2)n1. The summed E-state index contributed by atoms with van der Waals surface area (Å²) in [6.07, 6.45) is 6.36. The summed E-state index contributed by atoms with van der Waals surface area (Å²) in [6, 6.07) is 5.62. The molecule has 3 aromatic heterocycles. The molecule has 3 heterocycles. The van der Waals surface area contributed by atoms with Crippen LogP contribution in [0.2, 0.25) is 0 Å². The molecule has 0 spiro atoms. The molecule has 3 N–H and O–H groups in total. The fourth-order valence-electron chi connectivity index (χ4n) is 2.11. The smallest absolute Gasteiger partial charge is 0.257 e. The minimum Gasteiger partial charge on any atom is -0.369 e. The van der Waals surface area contributed by atoms with Crippen LogP contribution < -0.4 is 10.0 Å². The van der Waals surface area contributed by atoms with Crippen molar-refractivity contribution in [3.05, 3.63) is 48.9 Å². The van der Waals surface area contributed by atoms with E-state index in [4.69, 9.17) is 0 Å². The van der Waals surface area contributed by atoms with E-state index >= 15 is 0 Å². The molecule has 0 aliphatic carbocycles. The van der Waals surface area contributed by atoms with Crippen LogP contribution in [0.5, 0.6) is 0 Å². The highest BCUT2D eigenvalue weighted by molar-refractivity contribution is 7.89. The van der Waals surface area contributed by atoms with E-state index in [2.05, 4.69) is 30.0 Å². The van der Waals surface area contributed by atoms with Crippen molar-refractivity contribution < 1.29 is 8.42 Å². The van der Waals surface area contributed by atoms with Gasteiger partial charge in [0.2, 0.25) is 0 Å². The van der Waals surface area contributed by atoms with Gasteiger partial charge < -0.3 is 14.9 Å². The van der Waals surface area contributed by atoms with E-state index < -0.39 is 10.0 Å². The summed E-state index contributed by atoms with van der Waals surface area (Å²) in [7, 11) is -3.57. The first kappa shape index (κ1) is 16.1. The molecule has 0 amide bonds. The minimum absolute atomic E-state index is 0.0373. The van der Waals surface area contributed by atoms with E-state index in [0.29, 0.717) is 18.2 Å². The van der Waals surface area contributed by atoms with Gasteiger partial charge in [0.05, 0.1) is 12.5 Å². The Balaban J connectivity index is 1.59. The number of nitrogens with zero attached hydrogens (tertiary/aromatic N) is 4. The summed E-state index contributed by atoms with van der Waals surface area (Å²) < 4.78 is 28.2. The van der Waals surface area contributed by atoms with E-state index in [1.807, 2.05) is 29.1 Å².